The second-order valence-electron chi connectivity index (χ2n) is 5.92. The van der Waals surface area contributed by atoms with Crippen LogP contribution < -0.4 is 14.8 Å². The molecule has 0 aliphatic carbocycles. The highest BCUT2D eigenvalue weighted by Gasteiger charge is 2.21. The summed E-state index contributed by atoms with van der Waals surface area (Å²) in [6.07, 6.45) is 0. The second-order valence-corrected chi connectivity index (χ2v) is 8.09. The molecule has 2 rings (SSSR count). The van der Waals surface area contributed by atoms with Gasteiger partial charge in [-0.05, 0) is 67.8 Å². The molecule has 6 nitrogen and oxygen atoms in total. The van der Waals surface area contributed by atoms with Crippen LogP contribution in [-0.4, -0.2) is 28.0 Å². The van der Waals surface area contributed by atoms with Crippen molar-refractivity contribution in [3.63, 3.8) is 0 Å². The fourth-order valence-corrected chi connectivity index (χ4v) is 3.78. The highest BCUT2D eigenvalue weighted by molar-refractivity contribution is 7.89. The summed E-state index contributed by atoms with van der Waals surface area (Å²) >= 11 is 5.88. The van der Waals surface area contributed by atoms with Crippen LogP contribution in [0.4, 0.5) is 5.69 Å². The average molecular weight is 397 g/mol. The summed E-state index contributed by atoms with van der Waals surface area (Å²) in [5, 5.41) is 3.21. The quantitative estimate of drug-likeness (QED) is 0.785. The van der Waals surface area contributed by atoms with E-state index in [2.05, 4.69) is 10.0 Å². The third-order valence-corrected chi connectivity index (χ3v) is 5.61. The summed E-state index contributed by atoms with van der Waals surface area (Å²) in [4.78, 5) is 12.1. The average Bonchev–Trinajstić information content (AvgIpc) is 2.57. The lowest BCUT2D eigenvalue weighted by molar-refractivity contribution is -0.115. The molecule has 0 heterocycles. The minimum atomic E-state index is -3.90. The van der Waals surface area contributed by atoms with Gasteiger partial charge in [0.1, 0.15) is 10.6 Å². The second kappa shape index (κ2) is 8.07. The van der Waals surface area contributed by atoms with Crippen LogP contribution in [-0.2, 0) is 14.8 Å². The van der Waals surface area contributed by atoms with Gasteiger partial charge in [0.2, 0.25) is 15.9 Å². The molecule has 2 N–H and O–H groups in total. The fourth-order valence-electron chi connectivity index (χ4n) is 2.33. The molecular formula is C18H21ClN2O4S. The van der Waals surface area contributed by atoms with Crippen molar-refractivity contribution in [3.8, 4) is 5.75 Å². The summed E-state index contributed by atoms with van der Waals surface area (Å²) in [7, 11) is -2.50. The number of hydrogen-bond donors (Lipinski definition) is 2. The molecule has 2 aromatic rings. The standard InChI is InChI=1S/C18H21ClN2O4S/c1-11-8-16(25-4)17(9-12(11)2)26(23,24)20-10-18(22)21-15-6-5-14(19)7-13(15)3/h5-9,20H,10H2,1-4H3,(H,21,22). The minimum Gasteiger partial charge on any atom is -0.495 e. The van der Waals surface area contributed by atoms with E-state index in [9.17, 15) is 13.2 Å². The molecule has 26 heavy (non-hydrogen) atoms. The van der Waals surface area contributed by atoms with E-state index in [1.54, 1.807) is 31.2 Å². The van der Waals surface area contributed by atoms with Crippen molar-refractivity contribution in [1.82, 2.24) is 4.72 Å². The smallest absolute Gasteiger partial charge is 0.244 e. The van der Waals surface area contributed by atoms with Gasteiger partial charge in [0, 0.05) is 10.7 Å². The maximum atomic E-state index is 12.6. The van der Waals surface area contributed by atoms with Gasteiger partial charge < -0.3 is 10.1 Å². The number of carbonyl (C=O) groups is 1. The zero-order chi connectivity index (χ0) is 19.5. The number of aryl methyl sites for hydroxylation is 3. The van der Waals surface area contributed by atoms with Crippen LogP contribution in [0.5, 0.6) is 5.75 Å². The van der Waals surface area contributed by atoms with Crippen LogP contribution in [0.25, 0.3) is 0 Å². The van der Waals surface area contributed by atoms with Crippen LogP contribution in [0, 0.1) is 20.8 Å². The number of rotatable bonds is 6. The van der Waals surface area contributed by atoms with Gasteiger partial charge in [-0.3, -0.25) is 4.79 Å². The van der Waals surface area contributed by atoms with Crippen molar-refractivity contribution in [1.29, 1.82) is 0 Å². The summed E-state index contributed by atoms with van der Waals surface area (Å²) in [6, 6.07) is 8.20. The Labute approximate surface area is 158 Å². The zero-order valence-corrected chi connectivity index (χ0v) is 16.6. The number of ether oxygens (including phenoxy) is 1. The lowest BCUT2D eigenvalue weighted by Crippen LogP contribution is -2.33. The Hall–Kier alpha value is -2.09. The van der Waals surface area contributed by atoms with Gasteiger partial charge in [-0.2, -0.15) is 0 Å². The monoisotopic (exact) mass is 396 g/mol. The first kappa shape index (κ1) is 20.2. The molecule has 0 unspecified atom stereocenters. The molecule has 8 heteroatoms. The molecular weight excluding hydrogens is 376 g/mol. The topological polar surface area (TPSA) is 84.5 Å². The van der Waals surface area contributed by atoms with Gasteiger partial charge in [-0.15, -0.1) is 0 Å². The van der Waals surface area contributed by atoms with Gasteiger partial charge in [0.25, 0.3) is 0 Å². The van der Waals surface area contributed by atoms with Gasteiger partial charge in [-0.1, -0.05) is 11.6 Å². The van der Waals surface area contributed by atoms with Crippen LogP contribution in [0.15, 0.2) is 35.2 Å². The maximum absolute atomic E-state index is 12.6. The van der Waals surface area contributed by atoms with Crippen LogP contribution in [0.2, 0.25) is 5.02 Å². The number of amides is 1. The predicted molar refractivity (Wildman–Crippen MR) is 102 cm³/mol. The first-order valence-corrected chi connectivity index (χ1v) is 9.71. The predicted octanol–water partition coefficient (Wildman–Crippen LogP) is 3.19. The summed E-state index contributed by atoms with van der Waals surface area (Å²) in [5.41, 5.74) is 3.08. The van der Waals surface area contributed by atoms with Crippen molar-refractivity contribution in [3.05, 3.63) is 52.0 Å². The van der Waals surface area contributed by atoms with E-state index in [1.165, 1.54) is 13.2 Å². The number of methoxy groups -OCH3 is 1. The largest absolute Gasteiger partial charge is 0.495 e. The van der Waals surface area contributed by atoms with Crippen molar-refractivity contribution < 1.29 is 17.9 Å². The fraction of sp³-hybridized carbons (Fsp3) is 0.278. The Morgan fingerprint density at radius 2 is 1.73 bits per heavy atom. The van der Waals surface area contributed by atoms with Crippen molar-refractivity contribution in [2.24, 2.45) is 0 Å². The Kier molecular flexibility index (Phi) is 6.28. The number of sulfonamides is 1. The Morgan fingerprint density at radius 3 is 2.35 bits per heavy atom. The van der Waals surface area contributed by atoms with Crippen molar-refractivity contribution in [2.45, 2.75) is 25.7 Å². The molecule has 0 aliphatic rings. The summed E-state index contributed by atoms with van der Waals surface area (Å²) in [5.74, 6) is -0.253. The van der Waals surface area contributed by atoms with E-state index in [1.807, 2.05) is 13.8 Å². The first-order valence-electron chi connectivity index (χ1n) is 7.85. The van der Waals surface area contributed by atoms with Gasteiger partial charge in [0.05, 0.1) is 13.7 Å². The third kappa shape index (κ3) is 4.75. The third-order valence-electron chi connectivity index (χ3n) is 3.95. The maximum Gasteiger partial charge on any atom is 0.244 e. The summed E-state index contributed by atoms with van der Waals surface area (Å²) in [6.45, 7) is 5.07. The van der Waals surface area contributed by atoms with Crippen molar-refractivity contribution >= 4 is 33.2 Å². The molecule has 0 saturated carbocycles. The molecule has 0 fully saturated rings. The van der Waals surface area contributed by atoms with E-state index in [0.717, 1.165) is 16.7 Å². The Bertz CT molecular complexity index is 942. The molecule has 0 atom stereocenters. The molecule has 0 aromatic heterocycles. The van der Waals surface area contributed by atoms with Crippen LogP contribution in [0.1, 0.15) is 16.7 Å². The molecule has 0 radical (unpaired) electrons. The van der Waals surface area contributed by atoms with E-state index >= 15 is 0 Å². The molecule has 0 saturated heterocycles. The summed E-state index contributed by atoms with van der Waals surface area (Å²) < 4.78 is 32.6. The van der Waals surface area contributed by atoms with Gasteiger partial charge >= 0.3 is 0 Å². The number of halogens is 1. The molecule has 2 aromatic carbocycles. The zero-order valence-electron chi connectivity index (χ0n) is 15.0. The highest BCUT2D eigenvalue weighted by Crippen LogP contribution is 2.27. The molecule has 0 spiro atoms. The number of carbonyl (C=O) groups excluding carboxylic acids is 1. The molecule has 0 aliphatic heterocycles. The van der Waals surface area contributed by atoms with Gasteiger partial charge in [-0.25, -0.2) is 13.1 Å². The van der Waals surface area contributed by atoms with E-state index in [4.69, 9.17) is 16.3 Å². The van der Waals surface area contributed by atoms with E-state index < -0.39 is 22.5 Å². The Balaban J connectivity index is 2.13. The van der Waals surface area contributed by atoms with Crippen molar-refractivity contribution in [2.75, 3.05) is 19.0 Å². The first-order chi connectivity index (χ1) is 12.1. The number of nitrogens with one attached hydrogen (secondary N) is 2. The minimum absolute atomic E-state index is 0.00132. The lowest BCUT2D eigenvalue weighted by Gasteiger charge is -2.13. The highest BCUT2D eigenvalue weighted by atomic mass is 35.5. The van der Waals surface area contributed by atoms with E-state index in [-0.39, 0.29) is 10.6 Å². The molecule has 140 valence electrons. The number of anilines is 1. The van der Waals surface area contributed by atoms with Gasteiger partial charge in [0.15, 0.2) is 0 Å². The lowest BCUT2D eigenvalue weighted by atomic mass is 10.1. The van der Waals surface area contributed by atoms with Crippen LogP contribution in [0.3, 0.4) is 0 Å². The van der Waals surface area contributed by atoms with E-state index in [0.29, 0.717) is 10.7 Å². The Morgan fingerprint density at radius 1 is 1.08 bits per heavy atom. The van der Waals surface area contributed by atoms with Crippen LogP contribution >= 0.6 is 11.6 Å². The number of benzene rings is 2. The number of hydrogen-bond acceptors (Lipinski definition) is 4. The SMILES string of the molecule is COc1cc(C)c(C)cc1S(=O)(=O)NCC(=O)Nc1ccc(Cl)cc1C. The molecule has 0 bridgehead atoms. The molecule has 1 amide bonds. The normalized spacial score (nSPS) is 11.3.